The Labute approximate surface area is 579 Å². The molecular weight excluding hydrogens is 1210 g/mol. The minimum absolute atomic E-state index is 0.111. The lowest BCUT2D eigenvalue weighted by Crippen LogP contribution is -2.19. The van der Waals surface area contributed by atoms with Crippen LogP contribution in [0.3, 0.4) is 0 Å². The second-order valence-electron chi connectivity index (χ2n) is 31.8. The van der Waals surface area contributed by atoms with E-state index in [1.807, 2.05) is 23.5 Å². The zero-order valence-corrected chi connectivity index (χ0v) is 60.0. The molecule has 96 heavy (non-hydrogen) atoms. The number of fused-ring (bicyclic) bond motifs is 6. The number of anilines is 6. The van der Waals surface area contributed by atoms with Crippen molar-refractivity contribution in [2.45, 2.75) is 200 Å². The predicted octanol–water partition coefficient (Wildman–Crippen LogP) is 28.1. The topological polar surface area (TPSA) is 24.9 Å². The fourth-order valence-corrected chi connectivity index (χ4v) is 17.3. The van der Waals surface area contributed by atoms with Gasteiger partial charge >= 0.3 is 0 Å². The molecule has 0 spiro atoms. The summed E-state index contributed by atoms with van der Waals surface area (Å²) in [5.74, 6) is 4.92. The van der Waals surface area contributed by atoms with Crippen LogP contribution >= 0.6 is 23.5 Å². The number of benzene rings is 11. The number of hydrogen-bond donors (Lipinski definition) is 0. The number of nitrogens with zero attached hydrogens (tertiary/aromatic N) is 2. The van der Waals surface area contributed by atoms with Crippen molar-refractivity contribution < 1.29 is 9.47 Å². The standard InChI is InChI=1S/C90H92N2O2S2/c1-87(2,3)61-47-62(88(4,5)6)50-69(49-61)91(67-41-45-79-77(55-67)93-85-71(35-25-37-81(85)95-79)57-27-17-13-18-28-57)65-39-43-73-75(53-65)83(59-31-21-15-22-32-59)74-44-40-66(54-76(74)84(73)60-33-23-16-24-34-60)92(70-51-63(89(7,8)9)48-64(52-70)90(10,11)12)68-42-46-80-78(56-68)94-86-72(36-26-38-82(86)96-80)58-29-19-14-20-30-58/h15-16,21-26,31-58H,13-14,17-20,27-30H2,1-12H3. The zero-order valence-electron chi connectivity index (χ0n) is 58.4. The molecule has 2 saturated carbocycles. The predicted molar refractivity (Wildman–Crippen MR) is 409 cm³/mol. The van der Waals surface area contributed by atoms with Crippen LogP contribution in [0, 0.1) is 0 Å². The van der Waals surface area contributed by atoms with E-state index < -0.39 is 0 Å². The van der Waals surface area contributed by atoms with Crippen molar-refractivity contribution in [2.24, 2.45) is 0 Å². The molecule has 2 aliphatic carbocycles. The first-order valence-corrected chi connectivity index (χ1v) is 37.0. The molecule has 0 amide bonds. The van der Waals surface area contributed by atoms with Crippen LogP contribution in [0.15, 0.2) is 226 Å². The molecule has 0 radical (unpaired) electrons. The van der Waals surface area contributed by atoms with Gasteiger partial charge in [-0.3, -0.25) is 0 Å². The number of para-hydroxylation sites is 2. The van der Waals surface area contributed by atoms with Crippen LogP contribution in [-0.2, 0) is 21.7 Å². The van der Waals surface area contributed by atoms with Gasteiger partial charge in [0.15, 0.2) is 0 Å². The molecule has 486 valence electrons. The van der Waals surface area contributed by atoms with Gasteiger partial charge in [-0.15, -0.1) is 0 Å². The molecule has 0 aromatic heterocycles. The number of ether oxygens (including phenoxy) is 2. The van der Waals surface area contributed by atoms with E-state index in [0.29, 0.717) is 11.8 Å². The van der Waals surface area contributed by atoms with E-state index in [1.165, 1.54) is 151 Å². The van der Waals surface area contributed by atoms with Gasteiger partial charge in [0.25, 0.3) is 0 Å². The molecule has 11 aromatic rings. The summed E-state index contributed by atoms with van der Waals surface area (Å²) in [6, 6.07) is 79.0. The van der Waals surface area contributed by atoms with Gasteiger partial charge in [0.05, 0.1) is 19.6 Å². The summed E-state index contributed by atoms with van der Waals surface area (Å²) in [5, 5.41) is 4.74. The van der Waals surface area contributed by atoms with Gasteiger partial charge < -0.3 is 19.3 Å². The van der Waals surface area contributed by atoms with Crippen LogP contribution in [0.5, 0.6) is 23.0 Å². The summed E-state index contributed by atoms with van der Waals surface area (Å²) < 4.78 is 14.5. The van der Waals surface area contributed by atoms with E-state index in [4.69, 9.17) is 9.47 Å². The lowest BCUT2D eigenvalue weighted by molar-refractivity contribution is 0.407. The average Bonchev–Trinajstić information content (AvgIpc) is 0.728. The maximum atomic E-state index is 7.27. The Hall–Kier alpha value is -8.16. The third-order valence-electron chi connectivity index (χ3n) is 20.9. The van der Waals surface area contributed by atoms with Crippen molar-refractivity contribution in [1.29, 1.82) is 0 Å². The minimum Gasteiger partial charge on any atom is -0.455 e. The fraction of sp³-hybridized carbons (Fsp3) is 0.311. The SMILES string of the molecule is CC(C)(C)c1cc(N(c2ccc3c(c2)Oc2c(cccc2C2CCCCC2)S3)c2ccc3c(-c4ccccc4)c4cc(N(c5cc(C(C)(C)C)cc(C(C)(C)C)c5)c5ccc6c(c5)Oc5c(cccc5C5CCCCC5)S6)ccc4c(-c4ccccc4)c3c2)cc(C(C)(C)C)c1. The highest BCUT2D eigenvalue weighted by atomic mass is 32.2. The summed E-state index contributed by atoms with van der Waals surface area (Å²) in [5.41, 5.74) is 18.7. The first-order chi connectivity index (χ1) is 46.1. The van der Waals surface area contributed by atoms with Crippen LogP contribution in [0.2, 0.25) is 0 Å². The molecule has 4 nitrogen and oxygen atoms in total. The van der Waals surface area contributed by atoms with E-state index in [2.05, 4.69) is 299 Å². The van der Waals surface area contributed by atoms with Crippen molar-refractivity contribution in [3.05, 3.63) is 240 Å². The van der Waals surface area contributed by atoms with Crippen LogP contribution in [0.25, 0.3) is 43.8 Å². The van der Waals surface area contributed by atoms with E-state index in [0.717, 1.165) is 66.9 Å². The van der Waals surface area contributed by atoms with Gasteiger partial charge in [-0.25, -0.2) is 0 Å². The monoisotopic (exact) mass is 1300 g/mol. The van der Waals surface area contributed by atoms with Gasteiger partial charge in [-0.05, 0) is 221 Å². The highest BCUT2D eigenvalue weighted by molar-refractivity contribution is 8.00. The summed E-state index contributed by atoms with van der Waals surface area (Å²) in [6.07, 6.45) is 12.6. The van der Waals surface area contributed by atoms with Gasteiger partial charge in [0.1, 0.15) is 23.0 Å². The summed E-state index contributed by atoms with van der Waals surface area (Å²) in [6.45, 7) is 28.1. The smallest absolute Gasteiger partial charge is 0.144 e. The van der Waals surface area contributed by atoms with E-state index in [-0.39, 0.29) is 21.7 Å². The Morgan fingerprint density at radius 1 is 0.302 bits per heavy atom. The lowest BCUT2D eigenvalue weighted by Gasteiger charge is -2.33. The molecule has 2 aliphatic heterocycles. The maximum Gasteiger partial charge on any atom is 0.144 e. The van der Waals surface area contributed by atoms with Crippen LogP contribution in [-0.4, -0.2) is 0 Å². The summed E-state index contributed by atoms with van der Waals surface area (Å²) >= 11 is 3.69. The lowest BCUT2D eigenvalue weighted by atomic mass is 9.80. The first kappa shape index (κ1) is 63.9. The molecule has 2 heterocycles. The highest BCUT2D eigenvalue weighted by Crippen LogP contribution is 2.57. The molecular formula is C90H92N2O2S2. The third kappa shape index (κ3) is 12.3. The molecule has 6 heteroatoms. The van der Waals surface area contributed by atoms with E-state index in [1.54, 1.807) is 0 Å². The van der Waals surface area contributed by atoms with E-state index in [9.17, 15) is 0 Å². The van der Waals surface area contributed by atoms with E-state index >= 15 is 0 Å². The Bertz CT molecular complexity index is 4410. The third-order valence-corrected chi connectivity index (χ3v) is 23.1. The van der Waals surface area contributed by atoms with Gasteiger partial charge in [0, 0.05) is 46.3 Å². The fourth-order valence-electron chi connectivity index (χ4n) is 15.4. The minimum atomic E-state index is -0.111. The Kier molecular flexibility index (Phi) is 16.7. The summed E-state index contributed by atoms with van der Waals surface area (Å²) in [4.78, 5) is 9.71. The molecule has 2 fully saturated rings. The molecule has 0 unspecified atom stereocenters. The maximum absolute atomic E-state index is 7.27. The molecule has 15 rings (SSSR count). The zero-order chi connectivity index (χ0) is 66.4. The molecule has 0 N–H and O–H groups in total. The Morgan fingerprint density at radius 2 is 0.646 bits per heavy atom. The molecule has 0 atom stereocenters. The van der Waals surface area contributed by atoms with Gasteiger partial charge in [0.2, 0.25) is 0 Å². The highest BCUT2D eigenvalue weighted by Gasteiger charge is 2.33. The van der Waals surface area contributed by atoms with Crippen molar-refractivity contribution in [2.75, 3.05) is 9.80 Å². The summed E-state index contributed by atoms with van der Waals surface area (Å²) in [7, 11) is 0. The van der Waals surface area contributed by atoms with Crippen LogP contribution in [0.4, 0.5) is 34.1 Å². The molecule has 0 bridgehead atoms. The number of rotatable bonds is 10. The first-order valence-electron chi connectivity index (χ1n) is 35.4. The van der Waals surface area contributed by atoms with Crippen molar-refractivity contribution in [3.8, 4) is 45.3 Å². The van der Waals surface area contributed by atoms with Crippen LogP contribution < -0.4 is 19.3 Å². The van der Waals surface area contributed by atoms with Crippen molar-refractivity contribution in [3.63, 3.8) is 0 Å². The average molecular weight is 1300 g/mol. The molecule has 0 saturated heterocycles. The Morgan fingerprint density at radius 3 is 1.00 bits per heavy atom. The normalized spacial score (nSPS) is 15.3. The largest absolute Gasteiger partial charge is 0.455 e. The van der Waals surface area contributed by atoms with Gasteiger partial charge in [-0.1, -0.05) is 254 Å². The van der Waals surface area contributed by atoms with Crippen molar-refractivity contribution in [1.82, 2.24) is 0 Å². The second kappa shape index (κ2) is 25.0. The van der Waals surface area contributed by atoms with Crippen LogP contribution in [0.1, 0.15) is 193 Å². The van der Waals surface area contributed by atoms with Crippen molar-refractivity contribution >= 4 is 79.2 Å². The molecule has 4 aliphatic rings. The second-order valence-corrected chi connectivity index (χ2v) is 34.0. The Balaban J connectivity index is 0.957. The molecule has 11 aromatic carbocycles. The number of hydrogen-bond acceptors (Lipinski definition) is 6. The quantitative estimate of drug-likeness (QED) is 0.127. The van der Waals surface area contributed by atoms with Gasteiger partial charge in [-0.2, -0.15) is 0 Å².